The van der Waals surface area contributed by atoms with E-state index in [-0.39, 0.29) is 56.9 Å². The van der Waals surface area contributed by atoms with Crippen molar-refractivity contribution >= 4 is 11.8 Å². The number of ketones is 1. The summed E-state index contributed by atoms with van der Waals surface area (Å²) in [7, 11) is 0. The number of Topliss-reactive ketones (excluding diaryl/α,β-unsaturated/α-hetero) is 1. The summed E-state index contributed by atoms with van der Waals surface area (Å²) in [6, 6.07) is 0. The number of rotatable bonds is 4. The van der Waals surface area contributed by atoms with Crippen molar-refractivity contribution in [3.63, 3.8) is 0 Å². The number of aliphatic hydroxyl groups excluding tert-OH is 3. The van der Waals surface area contributed by atoms with Crippen LogP contribution in [0.2, 0.25) is 0 Å². The molecule has 0 aliphatic carbocycles. The van der Waals surface area contributed by atoms with E-state index in [9.17, 15) is 14.7 Å². The molecule has 0 aromatic heterocycles. The third kappa shape index (κ3) is 6.66. The third-order valence-electron chi connectivity index (χ3n) is 1.02. The van der Waals surface area contributed by atoms with Crippen LogP contribution < -0.4 is 56.5 Å². The molecule has 13 heavy (non-hydrogen) atoms. The normalized spacial score (nSPS) is 13.2. The topological polar surface area (TPSA) is 149 Å². The van der Waals surface area contributed by atoms with E-state index in [0.29, 0.717) is 0 Å². The summed E-state index contributed by atoms with van der Waals surface area (Å²) in [5.41, 5.74) is 0. The molecule has 0 bridgehead atoms. The SMILES string of the molecule is O.O=C([O-])C(=O)[C@H](O)[C@H](O)CO.[K+]. The van der Waals surface area contributed by atoms with Gasteiger partial charge in [-0.25, -0.2) is 0 Å². The standard InChI is InChI=1S/C5H8O6.K.H2O/c6-1-2(7)3(8)4(9)5(10)11;;/h2-3,6-8H,1H2,(H,10,11);;1H2/q;+1;/p-1/t2-,3-;;/m1../s1. The molecule has 0 aliphatic rings. The third-order valence-corrected chi connectivity index (χ3v) is 1.02. The maximum absolute atomic E-state index is 10.3. The molecule has 5 N–H and O–H groups in total. The molecular weight excluding hydrogens is 211 g/mol. The van der Waals surface area contributed by atoms with Crippen molar-refractivity contribution in [2.45, 2.75) is 12.2 Å². The zero-order chi connectivity index (χ0) is 9.02. The predicted molar refractivity (Wildman–Crippen MR) is 32.7 cm³/mol. The second-order valence-electron chi connectivity index (χ2n) is 1.85. The number of aliphatic hydroxyl groups is 3. The molecule has 0 saturated carbocycles. The molecule has 2 atom stereocenters. The number of hydrogen-bond donors (Lipinski definition) is 3. The Balaban J connectivity index is -0.000000500. The number of carboxylic acid groups (broad SMARTS) is 1. The number of hydrogen-bond acceptors (Lipinski definition) is 6. The van der Waals surface area contributed by atoms with Crippen molar-refractivity contribution in [1.29, 1.82) is 0 Å². The molecule has 72 valence electrons. The molecule has 8 heteroatoms. The molecule has 0 aromatic carbocycles. The molecule has 0 saturated heterocycles. The van der Waals surface area contributed by atoms with Crippen molar-refractivity contribution in [1.82, 2.24) is 0 Å². The summed E-state index contributed by atoms with van der Waals surface area (Å²) in [5, 5.41) is 35.0. The zero-order valence-electron chi connectivity index (χ0n) is 6.93. The van der Waals surface area contributed by atoms with Gasteiger partial charge in [-0.05, 0) is 0 Å². The van der Waals surface area contributed by atoms with Gasteiger partial charge in [-0.1, -0.05) is 0 Å². The molecule has 0 aromatic rings. The first kappa shape index (κ1) is 19.2. The minimum Gasteiger partial charge on any atom is -0.542 e. The van der Waals surface area contributed by atoms with Crippen molar-refractivity contribution in [2.24, 2.45) is 0 Å². The van der Waals surface area contributed by atoms with Gasteiger partial charge in [0.2, 0.25) is 5.78 Å². The Morgan fingerprint density at radius 2 is 1.69 bits per heavy atom. The van der Waals surface area contributed by atoms with Crippen LogP contribution in [0.3, 0.4) is 0 Å². The maximum atomic E-state index is 10.3. The molecule has 0 amide bonds. The number of aliphatic carboxylic acids is 1. The first-order valence-electron chi connectivity index (χ1n) is 2.73. The van der Waals surface area contributed by atoms with Gasteiger partial charge in [-0.3, -0.25) is 4.79 Å². The fraction of sp³-hybridized carbons (Fsp3) is 0.600. The molecule has 7 nitrogen and oxygen atoms in total. The van der Waals surface area contributed by atoms with Crippen LogP contribution in [0.1, 0.15) is 0 Å². The molecule has 0 rings (SSSR count). The molecule has 0 unspecified atom stereocenters. The fourth-order valence-corrected chi connectivity index (χ4v) is 0.395. The Morgan fingerprint density at radius 3 is 1.92 bits per heavy atom. The largest absolute Gasteiger partial charge is 1.00 e. The van der Waals surface area contributed by atoms with Gasteiger partial charge in [0.15, 0.2) is 0 Å². The number of carbonyl (C=O) groups excluding carboxylic acids is 2. The van der Waals surface area contributed by atoms with Gasteiger partial charge in [0.25, 0.3) is 0 Å². The second-order valence-corrected chi connectivity index (χ2v) is 1.85. The minimum atomic E-state index is -2.12. The Hall–Kier alpha value is 0.616. The van der Waals surface area contributed by atoms with E-state index in [1.165, 1.54) is 0 Å². The second kappa shape index (κ2) is 9.18. The van der Waals surface area contributed by atoms with Gasteiger partial charge >= 0.3 is 51.4 Å². The summed E-state index contributed by atoms with van der Waals surface area (Å²) >= 11 is 0. The summed E-state index contributed by atoms with van der Waals surface area (Å²) in [4.78, 5) is 20.0. The minimum absolute atomic E-state index is 0. The summed E-state index contributed by atoms with van der Waals surface area (Å²) in [6.07, 6.45) is -3.90. The maximum Gasteiger partial charge on any atom is 1.00 e. The Kier molecular flexibility index (Phi) is 13.6. The Morgan fingerprint density at radius 1 is 1.31 bits per heavy atom. The van der Waals surface area contributed by atoms with Gasteiger partial charge in [-0.15, -0.1) is 0 Å². The molecular formula is C5H9KO7. The van der Waals surface area contributed by atoms with Crippen molar-refractivity contribution in [3.05, 3.63) is 0 Å². The molecule has 0 fully saturated rings. The zero-order valence-corrected chi connectivity index (χ0v) is 10.1. The van der Waals surface area contributed by atoms with Crippen LogP contribution in [0.15, 0.2) is 0 Å². The van der Waals surface area contributed by atoms with Crippen molar-refractivity contribution in [3.8, 4) is 0 Å². The van der Waals surface area contributed by atoms with Crippen molar-refractivity contribution in [2.75, 3.05) is 6.61 Å². The quantitative estimate of drug-likeness (QED) is 0.316. The number of carbonyl (C=O) groups is 2. The molecule has 0 radical (unpaired) electrons. The van der Waals surface area contributed by atoms with Crippen LogP contribution >= 0.6 is 0 Å². The van der Waals surface area contributed by atoms with Gasteiger partial charge in [-0.2, -0.15) is 0 Å². The summed E-state index contributed by atoms with van der Waals surface area (Å²) < 4.78 is 0. The molecule has 0 spiro atoms. The fourth-order valence-electron chi connectivity index (χ4n) is 0.395. The van der Waals surface area contributed by atoms with Crippen molar-refractivity contribution < 1.29 is 86.9 Å². The van der Waals surface area contributed by atoms with Gasteiger partial charge in [0, 0.05) is 0 Å². The average molecular weight is 220 g/mol. The number of carboxylic acids is 1. The monoisotopic (exact) mass is 220 g/mol. The average Bonchev–Trinajstić information content (AvgIpc) is 2.00. The summed E-state index contributed by atoms with van der Waals surface area (Å²) in [6.45, 7) is -0.889. The predicted octanol–water partition coefficient (Wildman–Crippen LogP) is -7.80. The molecule has 0 aliphatic heterocycles. The first-order valence-corrected chi connectivity index (χ1v) is 2.73. The van der Waals surface area contributed by atoms with E-state index >= 15 is 0 Å². The Labute approximate surface area is 116 Å². The first-order chi connectivity index (χ1) is 5.00. The Bertz CT molecular complexity index is 170. The summed E-state index contributed by atoms with van der Waals surface area (Å²) in [5.74, 6) is -3.74. The smallest absolute Gasteiger partial charge is 0.542 e. The van der Waals surface area contributed by atoms with E-state index in [1.807, 2.05) is 0 Å². The van der Waals surface area contributed by atoms with Crippen LogP contribution in [0.25, 0.3) is 0 Å². The van der Waals surface area contributed by atoms with Gasteiger partial charge < -0.3 is 30.7 Å². The van der Waals surface area contributed by atoms with E-state index in [2.05, 4.69) is 0 Å². The van der Waals surface area contributed by atoms with Gasteiger partial charge in [0.1, 0.15) is 18.2 Å². The van der Waals surface area contributed by atoms with E-state index in [0.717, 1.165) is 0 Å². The van der Waals surface area contributed by atoms with Crippen LogP contribution in [-0.2, 0) is 9.59 Å². The van der Waals surface area contributed by atoms with Gasteiger partial charge in [0.05, 0.1) is 6.61 Å². The van der Waals surface area contributed by atoms with Crippen LogP contribution in [-0.4, -0.2) is 51.4 Å². The van der Waals surface area contributed by atoms with E-state index in [1.54, 1.807) is 0 Å². The van der Waals surface area contributed by atoms with Crippen LogP contribution in [0, 0.1) is 0 Å². The van der Waals surface area contributed by atoms with Crippen LogP contribution in [0.4, 0.5) is 0 Å². The van der Waals surface area contributed by atoms with Crippen LogP contribution in [0.5, 0.6) is 0 Å². The molecule has 0 heterocycles. The van der Waals surface area contributed by atoms with E-state index in [4.69, 9.17) is 15.3 Å². The van der Waals surface area contributed by atoms with E-state index < -0.39 is 30.6 Å².